The van der Waals surface area contributed by atoms with Crippen LogP contribution in [-0.2, 0) is 6.18 Å². The lowest BCUT2D eigenvalue weighted by Crippen LogP contribution is -2.30. The molecular formula is C14H16F3NO2S. The predicted octanol–water partition coefficient (Wildman–Crippen LogP) is 3.19. The molecule has 0 spiro atoms. The number of thiocarbonyl (C=S) groups is 1. The van der Waals surface area contributed by atoms with Crippen molar-refractivity contribution < 1.29 is 22.6 Å². The van der Waals surface area contributed by atoms with Crippen molar-refractivity contribution in [3.8, 4) is 11.5 Å². The van der Waals surface area contributed by atoms with Crippen LogP contribution in [0.25, 0.3) is 0 Å². The van der Waals surface area contributed by atoms with E-state index in [0.29, 0.717) is 10.4 Å². The fraction of sp³-hybridized carbons (Fsp3) is 0.500. The minimum absolute atomic E-state index is 0.0182. The molecule has 3 nitrogen and oxygen atoms in total. The second-order valence-electron chi connectivity index (χ2n) is 4.76. The first-order chi connectivity index (χ1) is 9.88. The molecule has 1 aromatic rings. The predicted molar refractivity (Wildman–Crippen MR) is 77.3 cm³/mol. The number of rotatable bonds is 4. The molecule has 0 saturated carbocycles. The van der Waals surface area contributed by atoms with Crippen molar-refractivity contribution in [1.82, 2.24) is 5.32 Å². The standard InChI is InChI=1S/C14H16F3NO2S/c1-19-11-7-9(14(15,16)17)12(20-2)6-8(11)13(21)10-4-3-5-18-10/h6-7,10,18H,3-5H2,1-2H3. The molecule has 1 unspecified atom stereocenters. The number of hydrogen-bond donors (Lipinski definition) is 1. The molecule has 0 radical (unpaired) electrons. The van der Waals surface area contributed by atoms with Gasteiger partial charge in [-0.05, 0) is 31.5 Å². The maximum absolute atomic E-state index is 13.0. The summed E-state index contributed by atoms with van der Waals surface area (Å²) in [5, 5.41) is 3.23. The summed E-state index contributed by atoms with van der Waals surface area (Å²) in [6, 6.07) is 2.23. The summed E-state index contributed by atoms with van der Waals surface area (Å²) in [5.41, 5.74) is -0.399. The van der Waals surface area contributed by atoms with Gasteiger partial charge in [-0.3, -0.25) is 0 Å². The van der Waals surface area contributed by atoms with Gasteiger partial charge in [0.1, 0.15) is 17.1 Å². The highest BCUT2D eigenvalue weighted by atomic mass is 32.1. The van der Waals surface area contributed by atoms with Crippen LogP contribution in [0.2, 0.25) is 0 Å². The number of halogens is 3. The minimum Gasteiger partial charge on any atom is -0.496 e. The summed E-state index contributed by atoms with van der Waals surface area (Å²) in [7, 11) is 2.54. The molecule has 21 heavy (non-hydrogen) atoms. The number of methoxy groups -OCH3 is 2. The van der Waals surface area contributed by atoms with Crippen LogP contribution >= 0.6 is 12.2 Å². The zero-order valence-corrected chi connectivity index (χ0v) is 12.5. The van der Waals surface area contributed by atoms with Crippen LogP contribution < -0.4 is 14.8 Å². The molecule has 1 saturated heterocycles. The molecule has 1 fully saturated rings. The van der Waals surface area contributed by atoms with Gasteiger partial charge < -0.3 is 14.8 Å². The first-order valence-electron chi connectivity index (χ1n) is 6.49. The zero-order chi connectivity index (χ0) is 15.6. The normalized spacial score (nSPS) is 18.6. The molecule has 1 aromatic carbocycles. The Kier molecular flexibility index (Phi) is 4.73. The largest absolute Gasteiger partial charge is 0.496 e. The second kappa shape index (κ2) is 6.19. The van der Waals surface area contributed by atoms with Gasteiger partial charge >= 0.3 is 6.18 Å². The van der Waals surface area contributed by atoms with E-state index in [9.17, 15) is 13.2 Å². The monoisotopic (exact) mass is 319 g/mol. The van der Waals surface area contributed by atoms with Crippen LogP contribution in [0.5, 0.6) is 11.5 Å². The van der Waals surface area contributed by atoms with E-state index in [1.54, 1.807) is 0 Å². The highest BCUT2D eigenvalue weighted by Crippen LogP contribution is 2.40. The van der Waals surface area contributed by atoms with Gasteiger partial charge in [-0.1, -0.05) is 12.2 Å². The van der Waals surface area contributed by atoms with Crippen molar-refractivity contribution in [3.05, 3.63) is 23.3 Å². The molecular weight excluding hydrogens is 303 g/mol. The van der Waals surface area contributed by atoms with Crippen molar-refractivity contribution in [2.24, 2.45) is 0 Å². The first-order valence-corrected chi connectivity index (χ1v) is 6.90. The van der Waals surface area contributed by atoms with Crippen LogP contribution in [0, 0.1) is 0 Å². The number of nitrogens with one attached hydrogen (secondary N) is 1. The number of alkyl halides is 3. The van der Waals surface area contributed by atoms with Crippen LogP contribution in [0.15, 0.2) is 12.1 Å². The molecule has 1 aliphatic rings. The van der Waals surface area contributed by atoms with Crippen molar-refractivity contribution in [1.29, 1.82) is 0 Å². The van der Waals surface area contributed by atoms with Gasteiger partial charge in [0.2, 0.25) is 0 Å². The maximum Gasteiger partial charge on any atom is 0.420 e. The zero-order valence-electron chi connectivity index (χ0n) is 11.7. The Morgan fingerprint density at radius 3 is 2.38 bits per heavy atom. The summed E-state index contributed by atoms with van der Waals surface area (Å²) < 4.78 is 49.0. The minimum atomic E-state index is -4.51. The fourth-order valence-electron chi connectivity index (χ4n) is 2.41. The summed E-state index contributed by atoms with van der Waals surface area (Å²) in [5.74, 6) is -0.138. The Balaban J connectivity index is 2.48. The molecule has 1 heterocycles. The average Bonchev–Trinajstić information content (AvgIpc) is 2.98. The summed E-state index contributed by atoms with van der Waals surface area (Å²) in [6.07, 6.45) is -2.65. The van der Waals surface area contributed by atoms with Gasteiger partial charge in [0.05, 0.1) is 14.2 Å². The Bertz CT molecular complexity index is 540. The molecule has 1 atom stereocenters. The molecule has 0 bridgehead atoms. The highest BCUT2D eigenvalue weighted by molar-refractivity contribution is 7.81. The van der Waals surface area contributed by atoms with E-state index in [0.717, 1.165) is 25.5 Å². The molecule has 0 aromatic heterocycles. The van der Waals surface area contributed by atoms with Gasteiger partial charge in [-0.25, -0.2) is 0 Å². The van der Waals surface area contributed by atoms with E-state index in [1.165, 1.54) is 20.3 Å². The lowest BCUT2D eigenvalue weighted by atomic mass is 10.0. The third kappa shape index (κ3) is 3.29. The Morgan fingerprint density at radius 2 is 1.90 bits per heavy atom. The highest BCUT2D eigenvalue weighted by Gasteiger charge is 2.36. The number of ether oxygens (including phenoxy) is 2. The van der Waals surface area contributed by atoms with Crippen molar-refractivity contribution in [2.75, 3.05) is 20.8 Å². The van der Waals surface area contributed by atoms with E-state index in [1.807, 2.05) is 0 Å². The molecule has 2 rings (SSSR count). The van der Waals surface area contributed by atoms with Gasteiger partial charge in [0.15, 0.2) is 0 Å². The van der Waals surface area contributed by atoms with E-state index in [2.05, 4.69) is 5.32 Å². The Morgan fingerprint density at radius 1 is 1.24 bits per heavy atom. The van der Waals surface area contributed by atoms with Gasteiger partial charge in [-0.2, -0.15) is 13.2 Å². The van der Waals surface area contributed by atoms with Crippen molar-refractivity contribution in [3.63, 3.8) is 0 Å². The lowest BCUT2D eigenvalue weighted by molar-refractivity contribution is -0.138. The molecule has 0 amide bonds. The third-order valence-electron chi connectivity index (χ3n) is 3.47. The molecule has 116 valence electrons. The lowest BCUT2D eigenvalue weighted by Gasteiger charge is -2.19. The molecule has 1 aliphatic heterocycles. The Hall–Kier alpha value is -1.34. The topological polar surface area (TPSA) is 30.5 Å². The van der Waals surface area contributed by atoms with Crippen LogP contribution in [-0.4, -0.2) is 31.7 Å². The second-order valence-corrected chi connectivity index (χ2v) is 5.20. The number of benzene rings is 1. The summed E-state index contributed by atoms with van der Waals surface area (Å²) >= 11 is 5.40. The smallest absolute Gasteiger partial charge is 0.420 e. The van der Waals surface area contributed by atoms with Crippen LogP contribution in [0.4, 0.5) is 13.2 Å². The number of hydrogen-bond acceptors (Lipinski definition) is 4. The van der Waals surface area contributed by atoms with Crippen LogP contribution in [0.1, 0.15) is 24.0 Å². The molecule has 0 aliphatic carbocycles. The van der Waals surface area contributed by atoms with E-state index in [-0.39, 0.29) is 17.5 Å². The maximum atomic E-state index is 13.0. The fourth-order valence-corrected chi connectivity index (χ4v) is 2.77. The van der Waals surface area contributed by atoms with E-state index >= 15 is 0 Å². The first kappa shape index (κ1) is 16.0. The molecule has 1 N–H and O–H groups in total. The van der Waals surface area contributed by atoms with Crippen molar-refractivity contribution in [2.45, 2.75) is 25.1 Å². The van der Waals surface area contributed by atoms with Crippen molar-refractivity contribution >= 4 is 17.1 Å². The third-order valence-corrected chi connectivity index (χ3v) is 3.97. The molecule has 7 heteroatoms. The SMILES string of the molecule is COc1cc(C(F)(F)F)c(OC)cc1C(=S)C1CCCN1. The van der Waals surface area contributed by atoms with Gasteiger partial charge in [-0.15, -0.1) is 0 Å². The van der Waals surface area contributed by atoms with Gasteiger partial charge in [0.25, 0.3) is 0 Å². The summed E-state index contributed by atoms with van der Waals surface area (Å²) in [4.78, 5) is 0.552. The average molecular weight is 319 g/mol. The van der Waals surface area contributed by atoms with Gasteiger partial charge in [0, 0.05) is 16.5 Å². The quantitative estimate of drug-likeness (QED) is 0.682. The van der Waals surface area contributed by atoms with E-state index < -0.39 is 11.7 Å². The summed E-state index contributed by atoms with van der Waals surface area (Å²) in [6.45, 7) is 0.852. The van der Waals surface area contributed by atoms with E-state index in [4.69, 9.17) is 21.7 Å². The Labute approximate surface area is 126 Å². The van der Waals surface area contributed by atoms with Crippen LogP contribution in [0.3, 0.4) is 0 Å².